The van der Waals surface area contributed by atoms with Crippen molar-refractivity contribution in [2.45, 2.75) is 12.8 Å². The Bertz CT molecular complexity index is 315. The molecule has 0 radical (unpaired) electrons. The zero-order chi connectivity index (χ0) is 16.4. The molecule has 0 atom stereocenters. The van der Waals surface area contributed by atoms with Crippen LogP contribution in [0.2, 0.25) is 0 Å². The van der Waals surface area contributed by atoms with E-state index in [0.717, 1.165) is 58.8 Å². The molecule has 130 valence electrons. The average Bonchev–Trinajstić information content (AvgIpc) is 2.49. The lowest BCUT2D eigenvalue weighted by Gasteiger charge is -2.28. The SMILES string of the molecule is COC(=O)CN1CCCN(C)CCN(C)CCCN(C)CC1. The maximum atomic E-state index is 11.5. The largest absolute Gasteiger partial charge is 0.468 e. The summed E-state index contributed by atoms with van der Waals surface area (Å²) in [5, 5.41) is 0. The van der Waals surface area contributed by atoms with Crippen molar-refractivity contribution in [3.63, 3.8) is 0 Å². The Balaban J connectivity index is 2.51. The Morgan fingerprint density at radius 1 is 0.773 bits per heavy atom. The van der Waals surface area contributed by atoms with Gasteiger partial charge < -0.3 is 19.4 Å². The molecule has 0 bridgehead atoms. The van der Waals surface area contributed by atoms with Crippen LogP contribution >= 0.6 is 0 Å². The van der Waals surface area contributed by atoms with E-state index < -0.39 is 0 Å². The smallest absolute Gasteiger partial charge is 0.319 e. The summed E-state index contributed by atoms with van der Waals surface area (Å²) in [5.74, 6) is -0.140. The standard InChI is InChI=1S/C16H34N4O2/c1-17-7-5-8-19(3)13-14-20(15-16(21)22-4)10-6-9-18(2)12-11-17/h5-15H2,1-4H3. The van der Waals surface area contributed by atoms with Crippen molar-refractivity contribution in [3.05, 3.63) is 0 Å². The Labute approximate surface area is 136 Å². The van der Waals surface area contributed by atoms with Crippen LogP contribution in [-0.4, -0.2) is 113 Å². The number of ether oxygens (including phenoxy) is 1. The Hall–Kier alpha value is -0.690. The van der Waals surface area contributed by atoms with Gasteiger partial charge in [-0.05, 0) is 53.6 Å². The third kappa shape index (κ3) is 8.68. The maximum Gasteiger partial charge on any atom is 0.319 e. The highest BCUT2D eigenvalue weighted by atomic mass is 16.5. The first-order chi connectivity index (χ1) is 10.5. The molecule has 1 aliphatic heterocycles. The van der Waals surface area contributed by atoms with E-state index in [2.05, 4.69) is 40.7 Å². The molecule has 0 aromatic heterocycles. The molecule has 1 fully saturated rings. The van der Waals surface area contributed by atoms with Crippen molar-refractivity contribution in [2.24, 2.45) is 0 Å². The van der Waals surface area contributed by atoms with E-state index in [1.807, 2.05) is 0 Å². The Morgan fingerprint density at radius 3 is 1.73 bits per heavy atom. The minimum absolute atomic E-state index is 0.140. The highest BCUT2D eigenvalue weighted by Crippen LogP contribution is 1.99. The van der Waals surface area contributed by atoms with Gasteiger partial charge in [0.25, 0.3) is 0 Å². The van der Waals surface area contributed by atoms with Crippen molar-refractivity contribution in [2.75, 3.05) is 87.2 Å². The van der Waals surface area contributed by atoms with Crippen LogP contribution in [0, 0.1) is 0 Å². The number of carbonyl (C=O) groups is 1. The van der Waals surface area contributed by atoms with E-state index in [-0.39, 0.29) is 5.97 Å². The lowest BCUT2D eigenvalue weighted by atomic mass is 10.3. The van der Waals surface area contributed by atoms with Crippen molar-refractivity contribution in [3.8, 4) is 0 Å². The van der Waals surface area contributed by atoms with Gasteiger partial charge in [-0.2, -0.15) is 0 Å². The Kier molecular flexibility index (Phi) is 9.63. The van der Waals surface area contributed by atoms with Crippen molar-refractivity contribution < 1.29 is 9.53 Å². The molecule has 1 rings (SSSR count). The van der Waals surface area contributed by atoms with Gasteiger partial charge in [0, 0.05) is 32.7 Å². The van der Waals surface area contributed by atoms with Crippen LogP contribution in [0.4, 0.5) is 0 Å². The van der Waals surface area contributed by atoms with Crippen LogP contribution in [0.15, 0.2) is 0 Å². The summed E-state index contributed by atoms with van der Waals surface area (Å²) in [7, 11) is 8.01. The fourth-order valence-electron chi connectivity index (χ4n) is 2.68. The Morgan fingerprint density at radius 2 is 1.23 bits per heavy atom. The zero-order valence-corrected chi connectivity index (χ0v) is 14.9. The summed E-state index contributed by atoms with van der Waals surface area (Å²) in [4.78, 5) is 20.9. The van der Waals surface area contributed by atoms with Gasteiger partial charge in [0.15, 0.2) is 0 Å². The first kappa shape index (κ1) is 19.4. The van der Waals surface area contributed by atoms with Gasteiger partial charge in [-0.15, -0.1) is 0 Å². The van der Waals surface area contributed by atoms with E-state index in [0.29, 0.717) is 6.54 Å². The van der Waals surface area contributed by atoms with E-state index >= 15 is 0 Å². The van der Waals surface area contributed by atoms with Gasteiger partial charge in [-0.25, -0.2) is 0 Å². The van der Waals surface area contributed by atoms with E-state index in [1.54, 1.807) is 0 Å². The van der Waals surface area contributed by atoms with Crippen molar-refractivity contribution in [1.82, 2.24) is 19.6 Å². The van der Waals surface area contributed by atoms with E-state index in [9.17, 15) is 4.79 Å². The van der Waals surface area contributed by atoms with E-state index in [1.165, 1.54) is 13.5 Å². The third-order valence-electron chi connectivity index (χ3n) is 4.34. The minimum atomic E-state index is -0.140. The molecular formula is C16H34N4O2. The molecular weight excluding hydrogens is 280 g/mol. The summed E-state index contributed by atoms with van der Waals surface area (Å²) in [6.07, 6.45) is 2.27. The molecule has 0 aromatic carbocycles. The summed E-state index contributed by atoms with van der Waals surface area (Å²) >= 11 is 0. The first-order valence-corrected chi connectivity index (χ1v) is 8.36. The summed E-state index contributed by atoms with van der Waals surface area (Å²) in [5.41, 5.74) is 0. The van der Waals surface area contributed by atoms with E-state index in [4.69, 9.17) is 4.74 Å². The van der Waals surface area contributed by atoms with Gasteiger partial charge in [0.1, 0.15) is 0 Å². The van der Waals surface area contributed by atoms with Crippen LogP contribution in [0.1, 0.15) is 12.8 Å². The molecule has 1 saturated heterocycles. The van der Waals surface area contributed by atoms with Gasteiger partial charge in [-0.1, -0.05) is 0 Å². The van der Waals surface area contributed by atoms with Crippen molar-refractivity contribution in [1.29, 1.82) is 0 Å². The maximum absolute atomic E-state index is 11.5. The molecule has 0 aliphatic carbocycles. The lowest BCUT2D eigenvalue weighted by Crippen LogP contribution is -2.40. The van der Waals surface area contributed by atoms with Crippen LogP contribution in [0.25, 0.3) is 0 Å². The van der Waals surface area contributed by atoms with Gasteiger partial charge in [0.05, 0.1) is 13.7 Å². The first-order valence-electron chi connectivity index (χ1n) is 8.36. The lowest BCUT2D eigenvalue weighted by molar-refractivity contribution is -0.142. The molecule has 0 amide bonds. The molecule has 0 spiro atoms. The molecule has 6 heteroatoms. The molecule has 0 N–H and O–H groups in total. The quantitative estimate of drug-likeness (QED) is 0.671. The highest BCUT2D eigenvalue weighted by molar-refractivity contribution is 5.71. The summed E-state index contributed by atoms with van der Waals surface area (Å²) in [6, 6.07) is 0. The molecule has 22 heavy (non-hydrogen) atoms. The summed E-state index contributed by atoms with van der Waals surface area (Å²) in [6.45, 7) is 8.80. The monoisotopic (exact) mass is 314 g/mol. The van der Waals surface area contributed by atoms with Crippen LogP contribution in [0.3, 0.4) is 0 Å². The molecule has 6 nitrogen and oxygen atoms in total. The number of rotatable bonds is 2. The molecule has 0 aromatic rings. The molecule has 0 unspecified atom stereocenters. The summed E-state index contributed by atoms with van der Waals surface area (Å²) < 4.78 is 4.81. The number of carbonyl (C=O) groups excluding carboxylic acids is 1. The van der Waals surface area contributed by atoms with Gasteiger partial charge >= 0.3 is 5.97 Å². The van der Waals surface area contributed by atoms with Crippen LogP contribution in [0.5, 0.6) is 0 Å². The van der Waals surface area contributed by atoms with Gasteiger partial charge in [0.2, 0.25) is 0 Å². The molecule has 0 saturated carbocycles. The zero-order valence-electron chi connectivity index (χ0n) is 14.9. The fraction of sp³-hybridized carbons (Fsp3) is 0.938. The number of methoxy groups -OCH3 is 1. The topological polar surface area (TPSA) is 39.3 Å². The number of esters is 1. The predicted octanol–water partition coefficient (Wildman–Crippen LogP) is 0.0506. The number of likely N-dealkylation sites (N-methyl/N-ethyl adjacent to an activating group) is 3. The predicted molar refractivity (Wildman–Crippen MR) is 90.2 cm³/mol. The number of nitrogens with zero attached hydrogens (tertiary/aromatic N) is 4. The fourth-order valence-corrected chi connectivity index (χ4v) is 2.68. The minimum Gasteiger partial charge on any atom is -0.468 e. The normalized spacial score (nSPS) is 23.1. The number of hydrogen-bond donors (Lipinski definition) is 0. The third-order valence-corrected chi connectivity index (χ3v) is 4.34. The van der Waals surface area contributed by atoms with Crippen LogP contribution < -0.4 is 0 Å². The van der Waals surface area contributed by atoms with Gasteiger partial charge in [-0.3, -0.25) is 9.69 Å². The van der Waals surface area contributed by atoms with Crippen molar-refractivity contribution >= 4 is 5.97 Å². The average molecular weight is 314 g/mol. The second kappa shape index (κ2) is 10.9. The molecule has 1 heterocycles. The second-order valence-electron chi connectivity index (χ2n) is 6.47. The molecule has 1 aliphatic rings. The number of hydrogen-bond acceptors (Lipinski definition) is 6. The van der Waals surface area contributed by atoms with Crippen LogP contribution in [-0.2, 0) is 9.53 Å². The highest BCUT2D eigenvalue weighted by Gasteiger charge is 2.13. The second-order valence-corrected chi connectivity index (χ2v) is 6.47.